The molecule has 0 aliphatic rings. The van der Waals surface area contributed by atoms with Crippen LogP contribution in [0.2, 0.25) is 5.15 Å². The zero-order chi connectivity index (χ0) is 13.8. The van der Waals surface area contributed by atoms with E-state index in [2.05, 4.69) is 9.97 Å². The molecule has 0 aliphatic heterocycles. The van der Waals surface area contributed by atoms with Crippen molar-refractivity contribution in [1.82, 2.24) is 9.97 Å². The molecule has 0 radical (unpaired) electrons. The third kappa shape index (κ3) is 3.24. The van der Waals surface area contributed by atoms with E-state index < -0.39 is 4.92 Å². The highest BCUT2D eigenvalue weighted by Crippen LogP contribution is 2.24. The van der Waals surface area contributed by atoms with Gasteiger partial charge in [0.25, 0.3) is 5.69 Å². The molecule has 0 atom stereocenters. The van der Waals surface area contributed by atoms with Gasteiger partial charge in [0, 0.05) is 30.9 Å². The van der Waals surface area contributed by atoms with Crippen LogP contribution in [-0.4, -0.2) is 22.0 Å². The molecule has 98 valence electrons. The Labute approximate surface area is 114 Å². The monoisotopic (exact) mass is 279 g/mol. The zero-order valence-corrected chi connectivity index (χ0v) is 10.8. The largest absolute Gasteiger partial charge is 0.377 e. The van der Waals surface area contributed by atoms with Gasteiger partial charge in [-0.2, -0.15) is 0 Å². The second-order valence-corrected chi connectivity index (χ2v) is 4.12. The number of nitrogens with zero attached hydrogens (tertiary/aromatic N) is 3. The number of ether oxygens (including phenoxy) is 1. The van der Waals surface area contributed by atoms with E-state index >= 15 is 0 Å². The number of hydrogen-bond acceptors (Lipinski definition) is 5. The second-order valence-electron chi connectivity index (χ2n) is 3.73. The number of rotatable bonds is 4. The van der Waals surface area contributed by atoms with Crippen molar-refractivity contribution in [1.29, 1.82) is 0 Å². The molecule has 0 saturated heterocycles. The molecule has 0 fully saturated rings. The second kappa shape index (κ2) is 5.73. The van der Waals surface area contributed by atoms with Crippen LogP contribution in [0.1, 0.15) is 5.82 Å². The highest BCUT2D eigenvalue weighted by Gasteiger charge is 2.10. The quantitative estimate of drug-likeness (QED) is 0.488. The normalized spacial score (nSPS) is 10.4. The standard InChI is InChI=1S/C12H10ClN3O3/c1-19-7-12-14-10(6-11(13)15-12)8-3-2-4-9(5-8)16(17)18/h2-6H,7H2,1H3. The fourth-order valence-electron chi connectivity index (χ4n) is 1.59. The van der Waals surface area contributed by atoms with Gasteiger partial charge >= 0.3 is 0 Å². The summed E-state index contributed by atoms with van der Waals surface area (Å²) in [5.74, 6) is 0.427. The van der Waals surface area contributed by atoms with Gasteiger partial charge in [-0.3, -0.25) is 10.1 Å². The van der Waals surface area contributed by atoms with Gasteiger partial charge < -0.3 is 4.74 Å². The minimum atomic E-state index is -0.456. The van der Waals surface area contributed by atoms with Crippen LogP contribution >= 0.6 is 11.6 Å². The predicted molar refractivity (Wildman–Crippen MR) is 69.8 cm³/mol. The van der Waals surface area contributed by atoms with Crippen LogP contribution in [0.25, 0.3) is 11.3 Å². The Bertz CT molecular complexity index is 619. The average Bonchev–Trinajstić information content (AvgIpc) is 2.38. The van der Waals surface area contributed by atoms with Crippen molar-refractivity contribution in [2.24, 2.45) is 0 Å². The molecule has 2 rings (SSSR count). The molecule has 19 heavy (non-hydrogen) atoms. The average molecular weight is 280 g/mol. The van der Waals surface area contributed by atoms with Crippen LogP contribution < -0.4 is 0 Å². The van der Waals surface area contributed by atoms with Crippen molar-refractivity contribution >= 4 is 17.3 Å². The molecule has 0 saturated carbocycles. The summed E-state index contributed by atoms with van der Waals surface area (Å²) in [6.07, 6.45) is 0. The van der Waals surface area contributed by atoms with E-state index in [1.54, 1.807) is 18.2 Å². The lowest BCUT2D eigenvalue weighted by Gasteiger charge is -2.04. The number of nitro groups is 1. The van der Waals surface area contributed by atoms with E-state index in [1.807, 2.05) is 0 Å². The van der Waals surface area contributed by atoms with Gasteiger partial charge in [0.1, 0.15) is 11.8 Å². The predicted octanol–water partition coefficient (Wildman–Crippen LogP) is 2.85. The third-order valence-electron chi connectivity index (χ3n) is 2.37. The van der Waals surface area contributed by atoms with Crippen molar-refractivity contribution in [2.75, 3.05) is 7.11 Å². The smallest absolute Gasteiger partial charge is 0.270 e. The summed E-state index contributed by atoms with van der Waals surface area (Å²) in [6, 6.07) is 7.74. The first-order chi connectivity index (χ1) is 9.10. The first kappa shape index (κ1) is 13.4. The minimum absolute atomic E-state index is 0.000487. The van der Waals surface area contributed by atoms with E-state index in [1.165, 1.54) is 19.2 Å². The van der Waals surface area contributed by atoms with Crippen LogP contribution in [0.4, 0.5) is 5.69 Å². The molecular weight excluding hydrogens is 270 g/mol. The minimum Gasteiger partial charge on any atom is -0.377 e. The third-order valence-corrected chi connectivity index (χ3v) is 2.56. The van der Waals surface area contributed by atoms with Crippen molar-refractivity contribution in [3.63, 3.8) is 0 Å². The Morgan fingerprint density at radius 2 is 2.16 bits per heavy atom. The fraction of sp³-hybridized carbons (Fsp3) is 0.167. The maximum Gasteiger partial charge on any atom is 0.270 e. The van der Waals surface area contributed by atoms with Gasteiger partial charge in [0.2, 0.25) is 0 Å². The Morgan fingerprint density at radius 3 is 2.84 bits per heavy atom. The molecular formula is C12H10ClN3O3. The maximum absolute atomic E-state index is 10.7. The Hall–Kier alpha value is -2.05. The number of non-ortho nitro benzene ring substituents is 1. The fourth-order valence-corrected chi connectivity index (χ4v) is 1.79. The number of benzene rings is 1. The van der Waals surface area contributed by atoms with Crippen LogP contribution in [0.5, 0.6) is 0 Å². The van der Waals surface area contributed by atoms with E-state index in [0.29, 0.717) is 17.1 Å². The van der Waals surface area contributed by atoms with Crippen LogP contribution in [0.15, 0.2) is 30.3 Å². The number of halogens is 1. The Morgan fingerprint density at radius 1 is 1.37 bits per heavy atom. The van der Waals surface area contributed by atoms with Gasteiger partial charge in [-0.1, -0.05) is 23.7 Å². The van der Waals surface area contributed by atoms with Gasteiger partial charge in [-0.15, -0.1) is 0 Å². The van der Waals surface area contributed by atoms with Crippen LogP contribution in [0, 0.1) is 10.1 Å². The first-order valence-corrected chi connectivity index (χ1v) is 5.75. The molecule has 6 nitrogen and oxygen atoms in total. The van der Waals surface area contributed by atoms with Gasteiger partial charge in [0.15, 0.2) is 5.82 Å². The zero-order valence-electron chi connectivity index (χ0n) is 10.0. The molecule has 0 spiro atoms. The lowest BCUT2D eigenvalue weighted by molar-refractivity contribution is -0.384. The van der Waals surface area contributed by atoms with E-state index in [4.69, 9.17) is 16.3 Å². The van der Waals surface area contributed by atoms with Crippen LogP contribution in [-0.2, 0) is 11.3 Å². The summed E-state index contributed by atoms with van der Waals surface area (Å²) in [5.41, 5.74) is 1.13. The molecule has 1 heterocycles. The maximum atomic E-state index is 10.7. The highest BCUT2D eigenvalue weighted by atomic mass is 35.5. The van der Waals surface area contributed by atoms with E-state index in [9.17, 15) is 10.1 Å². The van der Waals surface area contributed by atoms with Gasteiger partial charge in [-0.05, 0) is 0 Å². The Kier molecular flexibility index (Phi) is 4.03. The van der Waals surface area contributed by atoms with Crippen molar-refractivity contribution in [2.45, 2.75) is 6.61 Å². The molecule has 1 aromatic carbocycles. The molecule has 0 N–H and O–H groups in total. The molecule has 0 bridgehead atoms. The number of methoxy groups -OCH3 is 1. The Balaban J connectivity index is 2.46. The van der Waals surface area contributed by atoms with Crippen molar-refractivity contribution in [3.05, 3.63) is 51.4 Å². The van der Waals surface area contributed by atoms with E-state index in [-0.39, 0.29) is 17.4 Å². The highest BCUT2D eigenvalue weighted by molar-refractivity contribution is 6.29. The number of hydrogen-bond donors (Lipinski definition) is 0. The topological polar surface area (TPSA) is 78.2 Å². The van der Waals surface area contributed by atoms with E-state index in [0.717, 1.165) is 0 Å². The summed E-state index contributed by atoms with van der Waals surface area (Å²) in [4.78, 5) is 18.5. The van der Waals surface area contributed by atoms with Crippen LogP contribution in [0.3, 0.4) is 0 Å². The summed E-state index contributed by atoms with van der Waals surface area (Å²) >= 11 is 5.90. The number of nitro benzene ring substituents is 1. The summed E-state index contributed by atoms with van der Waals surface area (Å²) < 4.78 is 4.94. The van der Waals surface area contributed by atoms with Gasteiger partial charge in [-0.25, -0.2) is 9.97 Å². The summed E-state index contributed by atoms with van der Waals surface area (Å²) in [6.45, 7) is 0.225. The molecule has 2 aromatic rings. The summed E-state index contributed by atoms with van der Waals surface area (Å²) in [5, 5.41) is 11.0. The molecule has 0 unspecified atom stereocenters. The first-order valence-electron chi connectivity index (χ1n) is 5.37. The van der Waals surface area contributed by atoms with Gasteiger partial charge in [0.05, 0.1) is 10.6 Å². The van der Waals surface area contributed by atoms with Crippen molar-refractivity contribution < 1.29 is 9.66 Å². The SMILES string of the molecule is COCc1nc(Cl)cc(-c2cccc([N+](=O)[O-])c2)n1. The molecule has 0 amide bonds. The lowest BCUT2D eigenvalue weighted by Crippen LogP contribution is -1.99. The molecule has 1 aromatic heterocycles. The lowest BCUT2D eigenvalue weighted by atomic mass is 10.1. The number of aromatic nitrogens is 2. The summed E-state index contributed by atoms with van der Waals surface area (Å²) in [7, 11) is 1.53. The molecule has 7 heteroatoms. The molecule has 0 aliphatic carbocycles. The van der Waals surface area contributed by atoms with Crippen molar-refractivity contribution in [3.8, 4) is 11.3 Å².